The van der Waals surface area contributed by atoms with Crippen LogP contribution in [0.25, 0.3) is 0 Å². The van der Waals surface area contributed by atoms with Crippen LogP contribution in [0.5, 0.6) is 0 Å². The highest BCUT2D eigenvalue weighted by Crippen LogP contribution is 2.01. The first-order chi connectivity index (χ1) is 7.22. The third-order valence-electron chi connectivity index (χ3n) is 2.01. The van der Waals surface area contributed by atoms with Gasteiger partial charge in [-0.15, -0.1) is 0 Å². The van der Waals surface area contributed by atoms with Crippen molar-refractivity contribution in [2.45, 2.75) is 13.0 Å². The van der Waals surface area contributed by atoms with Gasteiger partial charge in [0.15, 0.2) is 0 Å². The molecule has 1 rings (SSSR count). The summed E-state index contributed by atoms with van der Waals surface area (Å²) in [6, 6.07) is 6.09. The van der Waals surface area contributed by atoms with Crippen LogP contribution in [-0.4, -0.2) is 19.5 Å². The zero-order valence-electron chi connectivity index (χ0n) is 8.72. The molecule has 0 saturated heterocycles. The highest BCUT2D eigenvalue weighted by Gasteiger charge is 1.99. The monoisotopic (exact) mass is 210 g/mol. The van der Waals surface area contributed by atoms with Gasteiger partial charge in [-0.1, -0.05) is 12.1 Å². The van der Waals surface area contributed by atoms with Crippen LogP contribution in [0, 0.1) is 5.82 Å². The molecule has 15 heavy (non-hydrogen) atoms. The summed E-state index contributed by atoms with van der Waals surface area (Å²) in [6.45, 7) is 1.11. The van der Waals surface area contributed by atoms with E-state index >= 15 is 0 Å². The summed E-state index contributed by atoms with van der Waals surface area (Å²) in [5.74, 6) is -0.270. The second kappa shape index (κ2) is 6.14. The zero-order chi connectivity index (χ0) is 11.1. The Morgan fingerprint density at radius 3 is 2.60 bits per heavy atom. The van der Waals surface area contributed by atoms with Gasteiger partial charge in [0.1, 0.15) is 5.82 Å². The van der Waals surface area contributed by atoms with E-state index in [4.69, 9.17) is 0 Å². The lowest BCUT2D eigenvalue weighted by atomic mass is 10.2. The summed E-state index contributed by atoms with van der Waals surface area (Å²) < 4.78 is 12.6. The number of hydrogen-bond donors (Lipinski definition) is 2. The topological polar surface area (TPSA) is 41.1 Å². The number of halogens is 1. The van der Waals surface area contributed by atoms with Gasteiger partial charge in [-0.25, -0.2) is 4.39 Å². The minimum Gasteiger partial charge on any atom is -0.352 e. The van der Waals surface area contributed by atoms with E-state index in [9.17, 15) is 9.18 Å². The number of rotatable bonds is 5. The molecule has 0 saturated carbocycles. The van der Waals surface area contributed by atoms with Crippen molar-refractivity contribution in [2.24, 2.45) is 0 Å². The second-order valence-electron chi connectivity index (χ2n) is 3.26. The Labute approximate surface area is 88.7 Å². The van der Waals surface area contributed by atoms with Gasteiger partial charge in [-0.3, -0.25) is 4.79 Å². The van der Waals surface area contributed by atoms with Gasteiger partial charge >= 0.3 is 0 Å². The minimum atomic E-state index is -0.264. The molecule has 0 fully saturated rings. The predicted molar refractivity (Wildman–Crippen MR) is 56.8 cm³/mol. The average Bonchev–Trinajstić information content (AvgIpc) is 2.25. The van der Waals surface area contributed by atoms with Gasteiger partial charge in [0, 0.05) is 19.5 Å². The van der Waals surface area contributed by atoms with E-state index in [1.807, 2.05) is 0 Å². The average molecular weight is 210 g/mol. The first kappa shape index (κ1) is 11.7. The number of hydrogen-bond acceptors (Lipinski definition) is 2. The molecule has 0 aliphatic heterocycles. The van der Waals surface area contributed by atoms with Crippen molar-refractivity contribution in [2.75, 3.05) is 13.6 Å². The molecule has 0 unspecified atom stereocenters. The molecule has 0 atom stereocenters. The number of amides is 1. The molecule has 0 radical (unpaired) electrons. The van der Waals surface area contributed by atoms with Crippen LogP contribution in [0.3, 0.4) is 0 Å². The summed E-state index contributed by atoms with van der Waals surface area (Å²) in [5.41, 5.74) is 0.897. The van der Waals surface area contributed by atoms with Gasteiger partial charge in [-0.05, 0) is 24.7 Å². The smallest absolute Gasteiger partial charge is 0.221 e. The lowest BCUT2D eigenvalue weighted by molar-refractivity contribution is -0.121. The van der Waals surface area contributed by atoms with E-state index in [0.29, 0.717) is 19.5 Å². The molecule has 0 aliphatic rings. The molecule has 2 N–H and O–H groups in total. The second-order valence-corrected chi connectivity index (χ2v) is 3.26. The van der Waals surface area contributed by atoms with Gasteiger partial charge in [-0.2, -0.15) is 0 Å². The molecule has 1 amide bonds. The van der Waals surface area contributed by atoms with Crippen LogP contribution in [0.4, 0.5) is 4.39 Å². The van der Waals surface area contributed by atoms with Crippen LogP contribution in [-0.2, 0) is 11.3 Å². The van der Waals surface area contributed by atoms with Gasteiger partial charge in [0.05, 0.1) is 0 Å². The molecule has 0 aliphatic carbocycles. The molecule has 1 aromatic carbocycles. The summed E-state index contributed by atoms with van der Waals surface area (Å²) in [6.07, 6.45) is 0.456. The third-order valence-corrected chi connectivity index (χ3v) is 2.01. The van der Waals surface area contributed by atoms with E-state index < -0.39 is 0 Å². The lowest BCUT2D eigenvalue weighted by Gasteiger charge is -2.04. The minimum absolute atomic E-state index is 0.00586. The Hall–Kier alpha value is -1.42. The van der Waals surface area contributed by atoms with Crippen molar-refractivity contribution in [3.63, 3.8) is 0 Å². The maximum absolute atomic E-state index is 12.6. The fourth-order valence-corrected chi connectivity index (χ4v) is 1.13. The number of nitrogens with one attached hydrogen (secondary N) is 2. The fourth-order valence-electron chi connectivity index (χ4n) is 1.13. The highest BCUT2D eigenvalue weighted by molar-refractivity contribution is 5.76. The van der Waals surface area contributed by atoms with Crippen molar-refractivity contribution in [1.82, 2.24) is 10.6 Å². The fraction of sp³-hybridized carbons (Fsp3) is 0.364. The summed E-state index contributed by atoms with van der Waals surface area (Å²) in [5, 5.41) is 5.65. The van der Waals surface area contributed by atoms with E-state index in [0.717, 1.165) is 5.56 Å². The molecule has 82 valence electrons. The van der Waals surface area contributed by atoms with Crippen LogP contribution < -0.4 is 10.6 Å². The normalized spacial score (nSPS) is 10.0. The van der Waals surface area contributed by atoms with E-state index in [1.54, 1.807) is 19.2 Å². The lowest BCUT2D eigenvalue weighted by Crippen LogP contribution is -2.26. The van der Waals surface area contributed by atoms with E-state index in [-0.39, 0.29) is 11.7 Å². The van der Waals surface area contributed by atoms with Crippen molar-refractivity contribution in [3.8, 4) is 0 Å². The van der Waals surface area contributed by atoms with Crippen LogP contribution in [0.2, 0.25) is 0 Å². The molecular formula is C11H15FN2O. The molecular weight excluding hydrogens is 195 g/mol. The first-order valence-corrected chi connectivity index (χ1v) is 4.88. The van der Waals surface area contributed by atoms with Crippen LogP contribution in [0.15, 0.2) is 24.3 Å². The maximum Gasteiger partial charge on any atom is 0.221 e. The Balaban J connectivity index is 2.30. The Morgan fingerprint density at radius 1 is 1.33 bits per heavy atom. The van der Waals surface area contributed by atoms with E-state index in [1.165, 1.54) is 12.1 Å². The number of benzene rings is 1. The molecule has 0 bridgehead atoms. The van der Waals surface area contributed by atoms with Crippen LogP contribution >= 0.6 is 0 Å². The Bertz CT molecular complexity index is 311. The van der Waals surface area contributed by atoms with Gasteiger partial charge in [0.25, 0.3) is 0 Å². The molecule has 4 heteroatoms. The number of carbonyl (C=O) groups excluding carboxylic acids is 1. The maximum atomic E-state index is 12.6. The summed E-state index contributed by atoms with van der Waals surface area (Å²) in [7, 11) is 1.80. The van der Waals surface area contributed by atoms with Crippen LogP contribution in [0.1, 0.15) is 12.0 Å². The third kappa shape index (κ3) is 4.56. The van der Waals surface area contributed by atoms with Gasteiger partial charge < -0.3 is 10.6 Å². The first-order valence-electron chi connectivity index (χ1n) is 4.88. The largest absolute Gasteiger partial charge is 0.352 e. The Morgan fingerprint density at radius 2 is 2.00 bits per heavy atom. The van der Waals surface area contributed by atoms with Crippen molar-refractivity contribution in [3.05, 3.63) is 35.6 Å². The molecule has 3 nitrogen and oxygen atoms in total. The molecule has 1 aromatic rings. The van der Waals surface area contributed by atoms with E-state index in [2.05, 4.69) is 10.6 Å². The predicted octanol–water partition coefficient (Wildman–Crippen LogP) is 1.05. The van der Waals surface area contributed by atoms with Crippen molar-refractivity contribution < 1.29 is 9.18 Å². The standard InChI is InChI=1S/C11H15FN2O/c1-13-7-6-11(15)14-8-9-2-4-10(12)5-3-9/h2-5,13H,6-8H2,1H3,(H,14,15). The number of carbonyl (C=O) groups is 1. The summed E-state index contributed by atoms with van der Waals surface area (Å²) >= 11 is 0. The molecule has 0 aromatic heterocycles. The van der Waals surface area contributed by atoms with Crippen molar-refractivity contribution in [1.29, 1.82) is 0 Å². The Kier molecular flexibility index (Phi) is 4.77. The molecule has 0 heterocycles. The SMILES string of the molecule is CNCCC(=O)NCc1ccc(F)cc1. The van der Waals surface area contributed by atoms with Crippen molar-refractivity contribution >= 4 is 5.91 Å². The zero-order valence-corrected chi connectivity index (χ0v) is 8.72. The molecule has 0 spiro atoms. The quantitative estimate of drug-likeness (QED) is 0.762. The highest BCUT2D eigenvalue weighted by atomic mass is 19.1. The summed E-state index contributed by atoms with van der Waals surface area (Å²) in [4.78, 5) is 11.2. The van der Waals surface area contributed by atoms with Gasteiger partial charge in [0.2, 0.25) is 5.91 Å².